The molecule has 116 valence electrons. The van der Waals surface area contributed by atoms with Gasteiger partial charge in [-0.05, 0) is 39.5 Å². The topological polar surface area (TPSA) is 41.1 Å². The largest absolute Gasteiger partial charge is 0.383 e. The van der Waals surface area contributed by atoms with E-state index in [0.717, 1.165) is 10.2 Å². The molecule has 23 heavy (non-hydrogen) atoms. The van der Waals surface area contributed by atoms with Crippen LogP contribution in [-0.4, -0.2) is 19.0 Å². The highest BCUT2D eigenvalue weighted by molar-refractivity contribution is 9.10. The highest BCUT2D eigenvalue weighted by atomic mass is 79.9. The fourth-order valence-electron chi connectivity index (χ4n) is 2.49. The number of carbonyl (C=O) groups excluding carboxylic acids is 1. The van der Waals surface area contributed by atoms with Gasteiger partial charge in [0.25, 0.3) is 5.91 Å². The Morgan fingerprint density at radius 2 is 1.61 bits per heavy atom. The Bertz CT molecular complexity index is 827. The zero-order valence-electron chi connectivity index (χ0n) is 12.6. The first-order chi connectivity index (χ1) is 11.3. The Kier molecular flexibility index (Phi) is 4.93. The molecule has 0 heterocycles. The Morgan fingerprint density at radius 3 is 2.48 bits per heavy atom. The Labute approximate surface area is 143 Å². The molecule has 2 N–H and O–H groups in total. The third-order valence-electron chi connectivity index (χ3n) is 3.63. The summed E-state index contributed by atoms with van der Waals surface area (Å²) in [4.78, 5) is 12.1. The summed E-state index contributed by atoms with van der Waals surface area (Å²) in [6.45, 7) is 1.23. The molecule has 0 radical (unpaired) electrons. The second kappa shape index (κ2) is 7.29. The molecule has 1 amide bonds. The van der Waals surface area contributed by atoms with E-state index in [1.807, 2.05) is 36.4 Å². The third-order valence-corrected chi connectivity index (χ3v) is 4.33. The van der Waals surface area contributed by atoms with Crippen molar-refractivity contribution in [3.8, 4) is 0 Å². The fourth-order valence-corrected chi connectivity index (χ4v) is 2.96. The number of hydrogen-bond acceptors (Lipinski definition) is 2. The lowest BCUT2D eigenvalue weighted by Gasteiger charge is -2.11. The Morgan fingerprint density at radius 1 is 0.870 bits per heavy atom. The summed E-state index contributed by atoms with van der Waals surface area (Å²) in [5.41, 5.74) is 1.73. The number of halogens is 1. The number of benzene rings is 3. The molecule has 3 aromatic rings. The van der Waals surface area contributed by atoms with Crippen LogP contribution in [0.25, 0.3) is 10.8 Å². The molecule has 0 aliphatic rings. The van der Waals surface area contributed by atoms with Gasteiger partial charge >= 0.3 is 0 Å². The first-order valence-electron chi connectivity index (χ1n) is 7.50. The maximum Gasteiger partial charge on any atom is 0.252 e. The molecule has 0 unspecified atom stereocenters. The number of anilines is 1. The molecule has 0 spiro atoms. The lowest BCUT2D eigenvalue weighted by molar-refractivity contribution is 0.0954. The van der Waals surface area contributed by atoms with Crippen LogP contribution in [0.5, 0.6) is 0 Å². The van der Waals surface area contributed by atoms with Crippen molar-refractivity contribution in [1.29, 1.82) is 0 Å². The summed E-state index contributed by atoms with van der Waals surface area (Å²) in [6.07, 6.45) is 0. The van der Waals surface area contributed by atoms with Gasteiger partial charge in [-0.1, -0.05) is 48.5 Å². The molecular formula is C19H17BrN2O. The minimum atomic E-state index is -0.0720. The van der Waals surface area contributed by atoms with Crippen LogP contribution in [0.1, 0.15) is 10.4 Å². The van der Waals surface area contributed by atoms with Gasteiger partial charge < -0.3 is 10.6 Å². The maximum absolute atomic E-state index is 12.1. The molecule has 3 aromatic carbocycles. The van der Waals surface area contributed by atoms with Gasteiger partial charge in [-0.3, -0.25) is 4.79 Å². The average molecular weight is 369 g/mol. The summed E-state index contributed by atoms with van der Waals surface area (Å²) >= 11 is 3.39. The van der Waals surface area contributed by atoms with Gasteiger partial charge in [0.1, 0.15) is 0 Å². The summed E-state index contributed by atoms with van der Waals surface area (Å²) in [7, 11) is 0. The molecule has 0 bridgehead atoms. The quantitative estimate of drug-likeness (QED) is 0.653. The molecule has 0 saturated carbocycles. The van der Waals surface area contributed by atoms with E-state index in [9.17, 15) is 4.79 Å². The zero-order chi connectivity index (χ0) is 16.1. The second-order valence-electron chi connectivity index (χ2n) is 5.19. The second-order valence-corrected chi connectivity index (χ2v) is 6.04. The summed E-state index contributed by atoms with van der Waals surface area (Å²) < 4.78 is 0.805. The summed E-state index contributed by atoms with van der Waals surface area (Å²) in [5.74, 6) is -0.0720. The number of fused-ring (bicyclic) bond motifs is 1. The van der Waals surface area contributed by atoms with E-state index in [0.29, 0.717) is 18.7 Å². The first kappa shape index (κ1) is 15.6. The van der Waals surface area contributed by atoms with Gasteiger partial charge in [0.05, 0.1) is 5.56 Å². The smallest absolute Gasteiger partial charge is 0.252 e. The summed E-state index contributed by atoms with van der Waals surface area (Å²) in [6, 6.07) is 21.8. The molecule has 0 aromatic heterocycles. The Balaban J connectivity index is 1.57. The van der Waals surface area contributed by atoms with E-state index in [4.69, 9.17) is 0 Å². The van der Waals surface area contributed by atoms with Crippen molar-refractivity contribution in [3.63, 3.8) is 0 Å². The molecule has 0 fully saturated rings. The van der Waals surface area contributed by atoms with E-state index in [2.05, 4.69) is 50.8 Å². The normalized spacial score (nSPS) is 10.5. The van der Waals surface area contributed by atoms with Crippen molar-refractivity contribution in [2.45, 2.75) is 0 Å². The highest BCUT2D eigenvalue weighted by Gasteiger charge is 2.08. The average Bonchev–Trinajstić information content (AvgIpc) is 2.59. The van der Waals surface area contributed by atoms with E-state index < -0.39 is 0 Å². The monoisotopic (exact) mass is 368 g/mol. The van der Waals surface area contributed by atoms with Crippen LogP contribution in [0, 0.1) is 0 Å². The summed E-state index contributed by atoms with van der Waals surface area (Å²) in [5, 5.41) is 8.70. The number of rotatable bonds is 5. The predicted octanol–water partition coefficient (Wildman–Crippen LogP) is 4.44. The van der Waals surface area contributed by atoms with Crippen molar-refractivity contribution < 1.29 is 4.79 Å². The molecule has 0 aliphatic heterocycles. The standard InChI is InChI=1S/C19H17BrN2O/c20-17-10-4-3-9-16(17)19(23)22-13-12-21-18-11-5-7-14-6-1-2-8-15(14)18/h1-11,21H,12-13H2,(H,22,23). The van der Waals surface area contributed by atoms with Crippen LogP contribution < -0.4 is 10.6 Å². The zero-order valence-corrected chi connectivity index (χ0v) is 14.1. The highest BCUT2D eigenvalue weighted by Crippen LogP contribution is 2.22. The van der Waals surface area contributed by atoms with Gasteiger partial charge in [-0.2, -0.15) is 0 Å². The third kappa shape index (κ3) is 3.71. The molecule has 3 nitrogen and oxygen atoms in total. The number of hydrogen-bond donors (Lipinski definition) is 2. The van der Waals surface area contributed by atoms with E-state index in [1.54, 1.807) is 6.07 Å². The molecule has 3 rings (SSSR count). The van der Waals surface area contributed by atoms with Crippen LogP contribution in [0.2, 0.25) is 0 Å². The van der Waals surface area contributed by atoms with Crippen molar-refractivity contribution >= 4 is 38.3 Å². The van der Waals surface area contributed by atoms with Gasteiger partial charge in [0.15, 0.2) is 0 Å². The lowest BCUT2D eigenvalue weighted by atomic mass is 10.1. The number of carbonyl (C=O) groups is 1. The molecule has 0 aliphatic carbocycles. The van der Waals surface area contributed by atoms with Crippen LogP contribution in [-0.2, 0) is 0 Å². The van der Waals surface area contributed by atoms with Crippen LogP contribution in [0.15, 0.2) is 71.2 Å². The molecular weight excluding hydrogens is 352 g/mol. The minimum absolute atomic E-state index is 0.0720. The SMILES string of the molecule is O=C(NCCNc1cccc2ccccc12)c1ccccc1Br. The molecule has 0 atom stereocenters. The van der Waals surface area contributed by atoms with E-state index in [-0.39, 0.29) is 5.91 Å². The van der Waals surface area contributed by atoms with Gasteiger partial charge in [-0.25, -0.2) is 0 Å². The van der Waals surface area contributed by atoms with Crippen molar-refractivity contribution in [2.75, 3.05) is 18.4 Å². The van der Waals surface area contributed by atoms with Gasteiger partial charge in [0, 0.05) is 28.6 Å². The van der Waals surface area contributed by atoms with Crippen molar-refractivity contribution in [2.24, 2.45) is 0 Å². The lowest BCUT2D eigenvalue weighted by Crippen LogP contribution is -2.29. The molecule has 4 heteroatoms. The maximum atomic E-state index is 12.1. The van der Waals surface area contributed by atoms with Gasteiger partial charge in [-0.15, -0.1) is 0 Å². The van der Waals surface area contributed by atoms with Gasteiger partial charge in [0.2, 0.25) is 0 Å². The minimum Gasteiger partial charge on any atom is -0.383 e. The number of nitrogens with one attached hydrogen (secondary N) is 2. The fraction of sp³-hybridized carbons (Fsp3) is 0.105. The number of amides is 1. The van der Waals surface area contributed by atoms with Crippen LogP contribution in [0.4, 0.5) is 5.69 Å². The van der Waals surface area contributed by atoms with Crippen LogP contribution >= 0.6 is 15.9 Å². The Hall–Kier alpha value is -2.33. The van der Waals surface area contributed by atoms with E-state index >= 15 is 0 Å². The molecule has 0 saturated heterocycles. The first-order valence-corrected chi connectivity index (χ1v) is 8.29. The van der Waals surface area contributed by atoms with E-state index in [1.165, 1.54) is 10.8 Å². The van der Waals surface area contributed by atoms with Crippen molar-refractivity contribution in [1.82, 2.24) is 5.32 Å². The van der Waals surface area contributed by atoms with Crippen molar-refractivity contribution in [3.05, 3.63) is 76.8 Å². The predicted molar refractivity (Wildman–Crippen MR) is 98.9 cm³/mol. The van der Waals surface area contributed by atoms with Crippen LogP contribution in [0.3, 0.4) is 0 Å².